The SMILES string of the molecule is CCCCCCNc1ccn([C@@H]2OC(COC(=O)C(C)C)=C[C@H]2O)c(=O)n1. The van der Waals surface area contributed by atoms with E-state index in [1.54, 1.807) is 19.9 Å². The number of ether oxygens (including phenoxy) is 2. The number of nitrogens with one attached hydrogen (secondary N) is 1. The summed E-state index contributed by atoms with van der Waals surface area (Å²) in [4.78, 5) is 27.8. The molecule has 0 spiro atoms. The van der Waals surface area contributed by atoms with Gasteiger partial charge in [0.25, 0.3) is 0 Å². The average molecular weight is 379 g/mol. The summed E-state index contributed by atoms with van der Waals surface area (Å²) in [6.45, 7) is 6.29. The van der Waals surface area contributed by atoms with Crippen molar-refractivity contribution >= 4 is 11.8 Å². The summed E-state index contributed by atoms with van der Waals surface area (Å²) in [5.74, 6) is 0.206. The molecule has 0 amide bonds. The molecular weight excluding hydrogens is 350 g/mol. The maximum Gasteiger partial charge on any atom is 0.352 e. The zero-order valence-electron chi connectivity index (χ0n) is 16.2. The summed E-state index contributed by atoms with van der Waals surface area (Å²) in [6.07, 6.45) is 5.55. The van der Waals surface area contributed by atoms with Crippen molar-refractivity contribution in [3.63, 3.8) is 0 Å². The second kappa shape index (κ2) is 10.1. The van der Waals surface area contributed by atoms with E-state index in [1.807, 2.05) is 0 Å². The summed E-state index contributed by atoms with van der Waals surface area (Å²) in [5.41, 5.74) is -0.522. The Kier molecular flexibility index (Phi) is 7.84. The lowest BCUT2D eigenvalue weighted by atomic mass is 10.2. The zero-order valence-corrected chi connectivity index (χ0v) is 16.2. The fourth-order valence-corrected chi connectivity index (χ4v) is 2.62. The first kappa shape index (κ1) is 21.0. The summed E-state index contributed by atoms with van der Waals surface area (Å²) >= 11 is 0. The van der Waals surface area contributed by atoms with Crippen molar-refractivity contribution in [2.75, 3.05) is 18.5 Å². The minimum Gasteiger partial charge on any atom is -0.468 e. The van der Waals surface area contributed by atoms with Gasteiger partial charge >= 0.3 is 11.7 Å². The number of unbranched alkanes of at least 4 members (excludes halogenated alkanes) is 3. The fraction of sp³-hybridized carbons (Fsp3) is 0.632. The van der Waals surface area contributed by atoms with Crippen LogP contribution in [-0.4, -0.2) is 39.9 Å². The van der Waals surface area contributed by atoms with E-state index in [1.165, 1.54) is 29.7 Å². The quantitative estimate of drug-likeness (QED) is 0.474. The van der Waals surface area contributed by atoms with Gasteiger partial charge in [-0.2, -0.15) is 4.98 Å². The lowest BCUT2D eigenvalue weighted by Gasteiger charge is -2.18. The normalized spacial score (nSPS) is 18.9. The first-order valence-corrected chi connectivity index (χ1v) is 9.47. The number of esters is 1. The van der Waals surface area contributed by atoms with Crippen molar-refractivity contribution < 1.29 is 19.4 Å². The molecule has 0 bridgehead atoms. The average Bonchev–Trinajstić information content (AvgIpc) is 3.00. The van der Waals surface area contributed by atoms with E-state index in [2.05, 4.69) is 17.2 Å². The Morgan fingerprint density at radius 2 is 2.19 bits per heavy atom. The van der Waals surface area contributed by atoms with Crippen molar-refractivity contribution in [3.8, 4) is 0 Å². The third-order valence-corrected chi connectivity index (χ3v) is 4.19. The lowest BCUT2D eigenvalue weighted by Crippen LogP contribution is -2.32. The monoisotopic (exact) mass is 379 g/mol. The Balaban J connectivity index is 1.91. The van der Waals surface area contributed by atoms with Crippen molar-refractivity contribution in [3.05, 3.63) is 34.6 Å². The zero-order chi connectivity index (χ0) is 19.8. The highest BCUT2D eigenvalue weighted by Gasteiger charge is 2.30. The van der Waals surface area contributed by atoms with E-state index in [-0.39, 0.29) is 18.5 Å². The predicted molar refractivity (Wildman–Crippen MR) is 101 cm³/mol. The van der Waals surface area contributed by atoms with Crippen LogP contribution in [0.5, 0.6) is 0 Å². The van der Waals surface area contributed by atoms with E-state index in [0.717, 1.165) is 19.4 Å². The Morgan fingerprint density at radius 1 is 1.41 bits per heavy atom. The number of aliphatic hydroxyl groups is 1. The minimum absolute atomic E-state index is 0.0792. The van der Waals surface area contributed by atoms with E-state index in [9.17, 15) is 14.7 Å². The van der Waals surface area contributed by atoms with Gasteiger partial charge in [-0.15, -0.1) is 0 Å². The molecule has 0 saturated carbocycles. The van der Waals surface area contributed by atoms with Crippen molar-refractivity contribution in [2.24, 2.45) is 5.92 Å². The summed E-state index contributed by atoms with van der Waals surface area (Å²) < 4.78 is 11.9. The molecule has 0 fully saturated rings. The Morgan fingerprint density at radius 3 is 2.85 bits per heavy atom. The van der Waals surface area contributed by atoms with Gasteiger partial charge in [-0.3, -0.25) is 9.36 Å². The van der Waals surface area contributed by atoms with Gasteiger partial charge in [0.2, 0.25) is 6.23 Å². The third kappa shape index (κ3) is 6.09. The molecular formula is C19H29N3O5. The number of carbonyl (C=O) groups is 1. The Labute approximate surface area is 159 Å². The molecule has 1 aromatic rings. The van der Waals surface area contributed by atoms with E-state index in [4.69, 9.17) is 9.47 Å². The number of hydrogen-bond donors (Lipinski definition) is 2. The molecule has 8 heteroatoms. The van der Waals surface area contributed by atoms with Crippen LogP contribution < -0.4 is 11.0 Å². The molecule has 8 nitrogen and oxygen atoms in total. The van der Waals surface area contributed by atoms with E-state index < -0.39 is 18.0 Å². The van der Waals surface area contributed by atoms with E-state index >= 15 is 0 Å². The summed E-state index contributed by atoms with van der Waals surface area (Å²) in [5, 5.41) is 13.3. The number of rotatable bonds is 10. The molecule has 150 valence electrons. The largest absolute Gasteiger partial charge is 0.468 e. The highest BCUT2D eigenvalue weighted by molar-refractivity contribution is 5.71. The molecule has 2 atom stereocenters. The molecule has 2 rings (SSSR count). The molecule has 0 aliphatic carbocycles. The van der Waals surface area contributed by atoms with Crippen LogP contribution in [0.25, 0.3) is 0 Å². The number of anilines is 1. The van der Waals surface area contributed by atoms with Crippen LogP contribution >= 0.6 is 0 Å². The summed E-state index contributed by atoms with van der Waals surface area (Å²) in [6, 6.07) is 1.67. The van der Waals surface area contributed by atoms with Gasteiger partial charge in [-0.1, -0.05) is 40.0 Å². The molecule has 1 aliphatic rings. The van der Waals surface area contributed by atoms with Crippen LogP contribution in [-0.2, 0) is 14.3 Å². The van der Waals surface area contributed by atoms with Gasteiger partial charge in [-0.05, 0) is 18.6 Å². The Hall–Kier alpha value is -2.35. The number of aromatic nitrogens is 2. The minimum atomic E-state index is -1.02. The van der Waals surface area contributed by atoms with Crippen LogP contribution in [0.2, 0.25) is 0 Å². The number of aliphatic hydroxyl groups excluding tert-OH is 1. The molecule has 1 aliphatic heterocycles. The molecule has 1 aromatic heterocycles. The van der Waals surface area contributed by atoms with Gasteiger partial charge in [0.05, 0.1) is 5.92 Å². The van der Waals surface area contributed by atoms with Gasteiger partial charge in [0.1, 0.15) is 24.3 Å². The van der Waals surface area contributed by atoms with Crippen LogP contribution in [0.1, 0.15) is 52.7 Å². The first-order valence-electron chi connectivity index (χ1n) is 9.47. The van der Waals surface area contributed by atoms with Gasteiger partial charge in [-0.25, -0.2) is 4.79 Å². The Bertz CT molecular complexity index is 714. The van der Waals surface area contributed by atoms with Gasteiger partial charge in [0, 0.05) is 12.7 Å². The number of carbonyl (C=O) groups excluding carboxylic acids is 1. The van der Waals surface area contributed by atoms with E-state index in [0.29, 0.717) is 11.6 Å². The molecule has 2 N–H and O–H groups in total. The van der Waals surface area contributed by atoms with Crippen molar-refractivity contribution in [1.82, 2.24) is 9.55 Å². The van der Waals surface area contributed by atoms with Gasteiger partial charge < -0.3 is 19.9 Å². The highest BCUT2D eigenvalue weighted by atomic mass is 16.6. The van der Waals surface area contributed by atoms with Crippen LogP contribution in [0, 0.1) is 5.92 Å². The molecule has 0 unspecified atom stereocenters. The second-order valence-electron chi connectivity index (χ2n) is 6.88. The molecule has 27 heavy (non-hydrogen) atoms. The fourth-order valence-electron chi connectivity index (χ4n) is 2.62. The topological polar surface area (TPSA) is 103 Å². The number of nitrogens with zero attached hydrogens (tertiary/aromatic N) is 2. The van der Waals surface area contributed by atoms with Crippen molar-refractivity contribution in [1.29, 1.82) is 0 Å². The smallest absolute Gasteiger partial charge is 0.352 e. The second-order valence-corrected chi connectivity index (χ2v) is 6.88. The maximum atomic E-state index is 12.3. The van der Waals surface area contributed by atoms with Crippen LogP contribution in [0.4, 0.5) is 5.82 Å². The first-order chi connectivity index (χ1) is 12.9. The molecule has 0 saturated heterocycles. The highest BCUT2D eigenvalue weighted by Crippen LogP contribution is 2.25. The standard InChI is InChI=1S/C19H29N3O5/c1-4-5-6-7-9-20-16-8-10-22(19(25)21-16)17-15(23)11-14(27-17)12-26-18(24)13(2)3/h8,10-11,13,15,17,23H,4-7,9,12H2,1-3H3,(H,20,21,25)/t15-,17-/m1/s1. The third-order valence-electron chi connectivity index (χ3n) is 4.19. The molecule has 0 aromatic carbocycles. The molecule has 2 heterocycles. The van der Waals surface area contributed by atoms with Crippen molar-refractivity contribution in [2.45, 2.75) is 58.8 Å². The maximum absolute atomic E-state index is 12.3. The lowest BCUT2D eigenvalue weighted by molar-refractivity contribution is -0.147. The predicted octanol–water partition coefficient (Wildman–Crippen LogP) is 2.21. The molecule has 0 radical (unpaired) electrons. The summed E-state index contributed by atoms with van der Waals surface area (Å²) in [7, 11) is 0. The number of hydrogen-bond acceptors (Lipinski definition) is 7. The van der Waals surface area contributed by atoms with Gasteiger partial charge in [0.15, 0.2) is 0 Å². The van der Waals surface area contributed by atoms with Crippen LogP contribution in [0.3, 0.4) is 0 Å². The van der Waals surface area contributed by atoms with Crippen LogP contribution in [0.15, 0.2) is 28.9 Å².